The zero-order valence-corrected chi connectivity index (χ0v) is 11.7. The van der Waals surface area contributed by atoms with E-state index in [1.54, 1.807) is 4.90 Å². The van der Waals surface area contributed by atoms with Crippen molar-refractivity contribution in [3.05, 3.63) is 11.9 Å². The Morgan fingerprint density at radius 1 is 1.42 bits per heavy atom. The van der Waals surface area contributed by atoms with E-state index in [9.17, 15) is 4.79 Å². The Hall–Kier alpha value is -1.89. The number of hydrazine groups is 1. The molecule has 0 aliphatic heterocycles. The highest BCUT2D eigenvalue weighted by atomic mass is 16.2. The third-order valence-electron chi connectivity index (χ3n) is 2.68. The molecule has 0 radical (unpaired) electrons. The van der Waals surface area contributed by atoms with E-state index in [2.05, 4.69) is 27.6 Å². The van der Waals surface area contributed by atoms with Crippen molar-refractivity contribution >= 4 is 17.5 Å². The Labute approximate surface area is 113 Å². The highest BCUT2D eigenvalue weighted by Crippen LogP contribution is 2.23. The van der Waals surface area contributed by atoms with E-state index in [4.69, 9.17) is 5.84 Å². The molecular weight excluding hydrogens is 244 g/mol. The summed E-state index contributed by atoms with van der Waals surface area (Å²) >= 11 is 0. The van der Waals surface area contributed by atoms with E-state index in [1.165, 1.54) is 6.33 Å². The molecule has 19 heavy (non-hydrogen) atoms. The lowest BCUT2D eigenvalue weighted by atomic mass is 10.1. The van der Waals surface area contributed by atoms with Crippen LogP contribution in [0.2, 0.25) is 0 Å². The van der Waals surface area contributed by atoms with Crippen LogP contribution in [-0.4, -0.2) is 36.0 Å². The summed E-state index contributed by atoms with van der Waals surface area (Å²) in [5.74, 6) is 6.77. The summed E-state index contributed by atoms with van der Waals surface area (Å²) in [5.41, 5.74) is 3.51. The summed E-state index contributed by atoms with van der Waals surface area (Å²) in [6.45, 7) is 4.84. The lowest BCUT2D eigenvalue weighted by Crippen LogP contribution is -2.36. The molecule has 7 heteroatoms. The highest BCUT2D eigenvalue weighted by molar-refractivity contribution is 5.81. The molecule has 0 saturated carbocycles. The smallest absolute Gasteiger partial charge is 0.239 e. The summed E-state index contributed by atoms with van der Waals surface area (Å²) < 4.78 is 0. The van der Waals surface area contributed by atoms with Crippen molar-refractivity contribution in [1.82, 2.24) is 15.3 Å². The van der Waals surface area contributed by atoms with Crippen LogP contribution in [-0.2, 0) is 11.2 Å². The van der Waals surface area contributed by atoms with Crippen LogP contribution in [0.3, 0.4) is 0 Å². The number of carbonyl (C=O) groups excluding carboxylic acids is 1. The number of aromatic nitrogens is 2. The second kappa shape index (κ2) is 7.52. The van der Waals surface area contributed by atoms with Crippen molar-refractivity contribution < 1.29 is 4.79 Å². The summed E-state index contributed by atoms with van der Waals surface area (Å²) in [6.07, 6.45) is 3.19. The van der Waals surface area contributed by atoms with Crippen LogP contribution in [0.5, 0.6) is 0 Å². The minimum atomic E-state index is -0.0340. The Kier molecular flexibility index (Phi) is 6.01. The van der Waals surface area contributed by atoms with E-state index in [-0.39, 0.29) is 12.5 Å². The van der Waals surface area contributed by atoms with Crippen molar-refractivity contribution in [2.75, 3.05) is 30.5 Å². The number of nitrogens with two attached hydrogens (primary N) is 1. The molecule has 1 aromatic rings. The fourth-order valence-corrected chi connectivity index (χ4v) is 1.88. The Balaban J connectivity index is 2.94. The summed E-state index contributed by atoms with van der Waals surface area (Å²) in [5, 5.41) is 2.76. The van der Waals surface area contributed by atoms with Crippen molar-refractivity contribution in [2.45, 2.75) is 26.7 Å². The van der Waals surface area contributed by atoms with Gasteiger partial charge in [0.05, 0.1) is 6.54 Å². The Bertz CT molecular complexity index is 423. The van der Waals surface area contributed by atoms with E-state index in [0.717, 1.165) is 24.2 Å². The first-order valence-corrected chi connectivity index (χ1v) is 6.42. The summed E-state index contributed by atoms with van der Waals surface area (Å²) in [4.78, 5) is 21.8. The molecule has 7 nitrogen and oxygen atoms in total. The second-order valence-electron chi connectivity index (χ2n) is 4.23. The number of nitrogens with zero attached hydrogens (tertiary/aromatic N) is 3. The fraction of sp³-hybridized carbons (Fsp3) is 0.583. The maximum absolute atomic E-state index is 11.6. The number of rotatable bonds is 7. The second-order valence-corrected chi connectivity index (χ2v) is 4.23. The molecule has 1 aromatic heterocycles. The van der Waals surface area contributed by atoms with Gasteiger partial charge in [0.25, 0.3) is 0 Å². The first kappa shape index (κ1) is 15.2. The van der Waals surface area contributed by atoms with Crippen LogP contribution in [0.4, 0.5) is 11.6 Å². The summed E-state index contributed by atoms with van der Waals surface area (Å²) in [6, 6.07) is 0. The average molecular weight is 266 g/mol. The largest absolute Gasteiger partial charge is 0.355 e. The predicted octanol–water partition coefficient (Wildman–Crippen LogP) is 0.287. The molecule has 0 unspecified atom stereocenters. The van der Waals surface area contributed by atoms with Gasteiger partial charge in [-0.3, -0.25) is 4.79 Å². The van der Waals surface area contributed by atoms with Crippen LogP contribution in [0.1, 0.15) is 25.8 Å². The number of nitrogens with one attached hydrogen (secondary N) is 2. The zero-order valence-electron chi connectivity index (χ0n) is 11.7. The zero-order chi connectivity index (χ0) is 14.3. The first-order chi connectivity index (χ1) is 9.13. The molecule has 106 valence electrons. The van der Waals surface area contributed by atoms with Crippen molar-refractivity contribution in [2.24, 2.45) is 5.84 Å². The van der Waals surface area contributed by atoms with Gasteiger partial charge in [-0.05, 0) is 13.3 Å². The van der Waals surface area contributed by atoms with Crippen LogP contribution < -0.4 is 21.5 Å². The number of nitrogen functional groups attached to an aromatic ring is 1. The van der Waals surface area contributed by atoms with Gasteiger partial charge in [0.15, 0.2) is 0 Å². The molecule has 0 fully saturated rings. The van der Waals surface area contributed by atoms with E-state index >= 15 is 0 Å². The lowest BCUT2D eigenvalue weighted by molar-refractivity contribution is -0.119. The van der Waals surface area contributed by atoms with Gasteiger partial charge in [0, 0.05) is 19.2 Å². The van der Waals surface area contributed by atoms with Gasteiger partial charge < -0.3 is 15.6 Å². The van der Waals surface area contributed by atoms with Crippen molar-refractivity contribution in [3.8, 4) is 0 Å². The van der Waals surface area contributed by atoms with Gasteiger partial charge in [-0.25, -0.2) is 15.8 Å². The number of amides is 1. The minimum Gasteiger partial charge on any atom is -0.355 e. The van der Waals surface area contributed by atoms with Crippen LogP contribution in [0, 0.1) is 0 Å². The fourth-order valence-electron chi connectivity index (χ4n) is 1.88. The topological polar surface area (TPSA) is 96.2 Å². The van der Waals surface area contributed by atoms with E-state index in [1.807, 2.05) is 14.0 Å². The molecule has 4 N–H and O–H groups in total. The first-order valence-electron chi connectivity index (χ1n) is 6.42. The molecule has 1 amide bonds. The molecule has 0 aliphatic rings. The molecule has 1 heterocycles. The van der Waals surface area contributed by atoms with Crippen LogP contribution in [0.25, 0.3) is 0 Å². The van der Waals surface area contributed by atoms with Crippen LogP contribution in [0.15, 0.2) is 6.33 Å². The third kappa shape index (κ3) is 4.06. The number of anilines is 2. The van der Waals surface area contributed by atoms with Gasteiger partial charge in [-0.1, -0.05) is 13.3 Å². The van der Waals surface area contributed by atoms with Gasteiger partial charge in [0.1, 0.15) is 18.0 Å². The molecule has 0 saturated heterocycles. The number of likely N-dealkylation sites (N-methyl/N-ethyl adjacent to an activating group) is 2. The van der Waals surface area contributed by atoms with Gasteiger partial charge in [-0.2, -0.15) is 0 Å². The molecule has 0 aliphatic carbocycles. The number of carbonyl (C=O) groups is 1. The normalized spacial score (nSPS) is 10.1. The average Bonchev–Trinajstić information content (AvgIpc) is 2.39. The molecule has 0 spiro atoms. The Morgan fingerprint density at radius 2 is 2.16 bits per heavy atom. The quantitative estimate of drug-likeness (QED) is 0.485. The molecule has 0 aromatic carbocycles. The molecule has 0 bridgehead atoms. The summed E-state index contributed by atoms with van der Waals surface area (Å²) in [7, 11) is 1.83. The number of hydrogen-bond acceptors (Lipinski definition) is 6. The SMILES string of the molecule is CCCc1c(NN)ncnc1N(C)CC(=O)NCC. The van der Waals surface area contributed by atoms with Crippen LogP contribution >= 0.6 is 0 Å². The minimum absolute atomic E-state index is 0.0340. The number of hydrogen-bond donors (Lipinski definition) is 3. The lowest BCUT2D eigenvalue weighted by Gasteiger charge is -2.21. The molecule has 0 atom stereocenters. The van der Waals surface area contributed by atoms with E-state index < -0.39 is 0 Å². The third-order valence-corrected chi connectivity index (χ3v) is 2.68. The van der Waals surface area contributed by atoms with Crippen molar-refractivity contribution in [1.29, 1.82) is 0 Å². The monoisotopic (exact) mass is 266 g/mol. The van der Waals surface area contributed by atoms with Gasteiger partial charge in [-0.15, -0.1) is 0 Å². The van der Waals surface area contributed by atoms with Gasteiger partial charge >= 0.3 is 0 Å². The maximum atomic E-state index is 11.6. The maximum Gasteiger partial charge on any atom is 0.239 e. The van der Waals surface area contributed by atoms with Crippen molar-refractivity contribution in [3.63, 3.8) is 0 Å². The standard InChI is InChI=1S/C12H22N6O/c1-4-6-9-11(17-13)15-8-16-12(9)18(3)7-10(19)14-5-2/h8H,4-7,13H2,1-3H3,(H,14,19)(H,15,16,17). The highest BCUT2D eigenvalue weighted by Gasteiger charge is 2.15. The molecular formula is C12H22N6O. The van der Waals surface area contributed by atoms with Gasteiger partial charge in [0.2, 0.25) is 5.91 Å². The molecule has 1 rings (SSSR count). The predicted molar refractivity (Wildman–Crippen MR) is 75.8 cm³/mol. The Morgan fingerprint density at radius 3 is 2.74 bits per heavy atom. The van der Waals surface area contributed by atoms with E-state index in [0.29, 0.717) is 12.4 Å².